The predicted octanol–water partition coefficient (Wildman–Crippen LogP) is 1.07. The average Bonchev–Trinajstić information content (AvgIpc) is 2.32. The van der Waals surface area contributed by atoms with E-state index in [1.807, 2.05) is 18.7 Å². The van der Waals surface area contributed by atoms with Crippen LogP contribution in [-0.2, 0) is 4.79 Å². The van der Waals surface area contributed by atoms with Gasteiger partial charge in [-0.3, -0.25) is 15.1 Å². The monoisotopic (exact) mass is 247 g/mol. The predicted molar refractivity (Wildman–Crippen MR) is 71.2 cm³/mol. The molecule has 3 N–H and O–H groups in total. The van der Waals surface area contributed by atoms with Crippen molar-refractivity contribution < 1.29 is 4.79 Å². The van der Waals surface area contributed by atoms with Crippen LogP contribution >= 0.6 is 11.8 Å². The molecule has 4 nitrogen and oxygen atoms in total. The summed E-state index contributed by atoms with van der Waals surface area (Å²) in [5.41, 5.74) is 2.22. The molecule has 0 saturated heterocycles. The Bertz CT molecular complexity index is 213. The van der Waals surface area contributed by atoms with E-state index in [0.717, 1.165) is 12.2 Å². The van der Waals surface area contributed by atoms with E-state index in [1.54, 1.807) is 0 Å². The Labute approximate surface area is 103 Å². The Kier molecular flexibility index (Phi) is 7.80. The second-order valence-corrected chi connectivity index (χ2v) is 5.13. The lowest BCUT2D eigenvalue weighted by molar-refractivity contribution is -0.126. The third kappa shape index (κ3) is 4.31. The Hall–Kier alpha value is -0.260. The molecule has 0 spiro atoms. The molecule has 1 amide bonds. The Morgan fingerprint density at radius 2 is 2.06 bits per heavy atom. The average molecular weight is 247 g/mol. The largest absolute Gasteiger partial charge is 0.299 e. The van der Waals surface area contributed by atoms with Crippen LogP contribution in [0, 0.1) is 5.92 Å². The number of thioether (sulfide) groups is 1. The summed E-state index contributed by atoms with van der Waals surface area (Å²) in [7, 11) is 2.08. The molecule has 0 aliphatic carbocycles. The molecule has 3 unspecified atom stereocenters. The first-order valence-electron chi connectivity index (χ1n) is 5.70. The summed E-state index contributed by atoms with van der Waals surface area (Å²) in [6.07, 6.45) is 3.20. The van der Waals surface area contributed by atoms with Crippen molar-refractivity contribution in [3.8, 4) is 0 Å². The highest BCUT2D eigenvalue weighted by Gasteiger charge is 2.26. The van der Waals surface area contributed by atoms with E-state index in [0.29, 0.717) is 6.04 Å². The quantitative estimate of drug-likeness (QED) is 0.401. The third-order valence-electron chi connectivity index (χ3n) is 3.33. The van der Waals surface area contributed by atoms with Crippen LogP contribution in [0.15, 0.2) is 0 Å². The minimum absolute atomic E-state index is 0.0918. The van der Waals surface area contributed by atoms with E-state index < -0.39 is 0 Å². The fourth-order valence-electron chi connectivity index (χ4n) is 1.75. The molecule has 0 saturated carbocycles. The summed E-state index contributed by atoms with van der Waals surface area (Å²) in [4.78, 5) is 13.7. The molecular weight excluding hydrogens is 222 g/mol. The van der Waals surface area contributed by atoms with Gasteiger partial charge in [0.05, 0.1) is 5.92 Å². The first-order chi connectivity index (χ1) is 7.49. The topological polar surface area (TPSA) is 58.4 Å². The first kappa shape index (κ1) is 15.7. The molecule has 0 aromatic heterocycles. The van der Waals surface area contributed by atoms with Gasteiger partial charge in [-0.2, -0.15) is 11.8 Å². The number of nitrogens with one attached hydrogen (secondary N) is 1. The second-order valence-electron chi connectivity index (χ2n) is 4.22. The van der Waals surface area contributed by atoms with Crippen LogP contribution in [-0.4, -0.2) is 41.9 Å². The maximum absolute atomic E-state index is 11.5. The van der Waals surface area contributed by atoms with Crippen LogP contribution in [0.1, 0.15) is 27.2 Å². The molecule has 0 aromatic rings. The lowest BCUT2D eigenvalue weighted by Crippen LogP contribution is -2.48. The van der Waals surface area contributed by atoms with Crippen molar-refractivity contribution in [3.05, 3.63) is 0 Å². The molecular formula is C11H25N3OS. The van der Waals surface area contributed by atoms with Crippen molar-refractivity contribution in [3.63, 3.8) is 0 Å². The second kappa shape index (κ2) is 7.92. The van der Waals surface area contributed by atoms with Gasteiger partial charge < -0.3 is 0 Å². The standard InChI is InChI=1S/C11H25N3OS/c1-6-10(7-16-5)14(4)9(3)8(2)11(15)13-12/h8-10H,6-7,12H2,1-5H3,(H,13,15). The summed E-state index contributed by atoms with van der Waals surface area (Å²) >= 11 is 1.84. The fourth-order valence-corrected chi connectivity index (χ4v) is 2.61. The normalized spacial score (nSPS) is 16.9. The zero-order chi connectivity index (χ0) is 12.7. The summed E-state index contributed by atoms with van der Waals surface area (Å²) in [6, 6.07) is 0.707. The van der Waals surface area contributed by atoms with Gasteiger partial charge in [-0.05, 0) is 26.6 Å². The van der Waals surface area contributed by atoms with Crippen LogP contribution in [0.25, 0.3) is 0 Å². The number of nitrogens with zero attached hydrogens (tertiary/aromatic N) is 1. The van der Waals surface area contributed by atoms with Gasteiger partial charge in [-0.25, -0.2) is 5.84 Å². The van der Waals surface area contributed by atoms with Crippen LogP contribution in [0.2, 0.25) is 0 Å². The lowest BCUT2D eigenvalue weighted by atomic mass is 10.00. The molecule has 0 aliphatic rings. The van der Waals surface area contributed by atoms with Crippen LogP contribution in [0.5, 0.6) is 0 Å². The fraction of sp³-hybridized carbons (Fsp3) is 0.909. The van der Waals surface area contributed by atoms with Gasteiger partial charge in [-0.1, -0.05) is 13.8 Å². The van der Waals surface area contributed by atoms with Crippen molar-refractivity contribution in [2.24, 2.45) is 11.8 Å². The van der Waals surface area contributed by atoms with Gasteiger partial charge in [0, 0.05) is 17.8 Å². The van der Waals surface area contributed by atoms with Crippen molar-refractivity contribution in [2.45, 2.75) is 39.3 Å². The van der Waals surface area contributed by atoms with Crippen LogP contribution in [0.4, 0.5) is 0 Å². The summed E-state index contributed by atoms with van der Waals surface area (Å²) in [5, 5.41) is 0. The summed E-state index contributed by atoms with van der Waals surface area (Å²) in [6.45, 7) is 6.16. The Morgan fingerprint density at radius 3 is 2.44 bits per heavy atom. The molecule has 5 heteroatoms. The van der Waals surface area contributed by atoms with Gasteiger partial charge in [-0.15, -0.1) is 0 Å². The van der Waals surface area contributed by atoms with E-state index in [-0.39, 0.29) is 17.9 Å². The van der Waals surface area contributed by atoms with Crippen molar-refractivity contribution in [1.82, 2.24) is 10.3 Å². The number of amides is 1. The van der Waals surface area contributed by atoms with Crippen LogP contribution < -0.4 is 11.3 Å². The van der Waals surface area contributed by atoms with Crippen LogP contribution in [0.3, 0.4) is 0 Å². The van der Waals surface area contributed by atoms with E-state index in [2.05, 4.69) is 37.5 Å². The van der Waals surface area contributed by atoms with E-state index >= 15 is 0 Å². The number of hydrazine groups is 1. The molecule has 96 valence electrons. The van der Waals surface area contributed by atoms with E-state index in [9.17, 15) is 4.79 Å². The van der Waals surface area contributed by atoms with Gasteiger partial charge >= 0.3 is 0 Å². The smallest absolute Gasteiger partial charge is 0.238 e. The van der Waals surface area contributed by atoms with E-state index in [4.69, 9.17) is 5.84 Å². The summed E-state index contributed by atoms with van der Waals surface area (Å²) < 4.78 is 0. The molecule has 0 heterocycles. The zero-order valence-electron chi connectivity index (χ0n) is 11.0. The highest BCUT2D eigenvalue weighted by molar-refractivity contribution is 7.98. The maximum Gasteiger partial charge on any atom is 0.238 e. The highest BCUT2D eigenvalue weighted by atomic mass is 32.2. The number of nitrogens with two attached hydrogens (primary N) is 1. The number of carbonyl (C=O) groups is 1. The molecule has 16 heavy (non-hydrogen) atoms. The first-order valence-corrected chi connectivity index (χ1v) is 7.10. The van der Waals surface area contributed by atoms with Crippen molar-refractivity contribution in [2.75, 3.05) is 19.1 Å². The number of hydrogen-bond donors (Lipinski definition) is 2. The van der Waals surface area contributed by atoms with Crippen molar-refractivity contribution in [1.29, 1.82) is 0 Å². The van der Waals surface area contributed by atoms with Gasteiger partial charge in [0.15, 0.2) is 0 Å². The molecule has 0 aromatic carbocycles. The summed E-state index contributed by atoms with van der Waals surface area (Å²) in [5.74, 6) is 6.06. The maximum atomic E-state index is 11.5. The lowest BCUT2D eigenvalue weighted by Gasteiger charge is -2.35. The number of hydrogen-bond acceptors (Lipinski definition) is 4. The SMILES string of the molecule is CCC(CSC)N(C)C(C)C(C)C(=O)NN. The molecule has 0 aliphatic heterocycles. The zero-order valence-corrected chi connectivity index (χ0v) is 11.8. The molecule has 0 bridgehead atoms. The number of carbonyl (C=O) groups excluding carboxylic acids is 1. The van der Waals surface area contributed by atoms with E-state index in [1.165, 1.54) is 0 Å². The number of rotatable bonds is 7. The molecule has 0 rings (SSSR count). The van der Waals surface area contributed by atoms with Gasteiger partial charge in [0.2, 0.25) is 5.91 Å². The third-order valence-corrected chi connectivity index (χ3v) is 4.05. The molecule has 0 fully saturated rings. The highest BCUT2D eigenvalue weighted by Crippen LogP contribution is 2.16. The molecule has 3 atom stereocenters. The van der Waals surface area contributed by atoms with Gasteiger partial charge in [0.25, 0.3) is 0 Å². The van der Waals surface area contributed by atoms with Crippen molar-refractivity contribution >= 4 is 17.7 Å². The molecule has 0 radical (unpaired) electrons. The Balaban J connectivity index is 4.44. The minimum Gasteiger partial charge on any atom is -0.299 e. The Morgan fingerprint density at radius 1 is 1.50 bits per heavy atom. The van der Waals surface area contributed by atoms with Gasteiger partial charge in [0.1, 0.15) is 0 Å². The minimum atomic E-state index is -0.0987.